The van der Waals surface area contributed by atoms with Gasteiger partial charge in [-0.2, -0.15) is 0 Å². The SMILES string of the molecule is CN(C)C=NC1(N)NC(=O)c2ncn(CC(CO)CO)c2N1. The van der Waals surface area contributed by atoms with Gasteiger partial charge in [-0.05, 0) is 0 Å². The average molecular weight is 311 g/mol. The smallest absolute Gasteiger partial charge is 0.278 e. The number of hydrogen-bond acceptors (Lipinski definition) is 7. The number of nitrogens with one attached hydrogen (secondary N) is 2. The molecule has 1 atom stereocenters. The second kappa shape index (κ2) is 6.30. The van der Waals surface area contributed by atoms with Crippen LogP contribution in [0.15, 0.2) is 11.3 Å². The number of aliphatic hydroxyl groups excluding tert-OH is 2. The average Bonchev–Trinajstić information content (AvgIpc) is 2.85. The van der Waals surface area contributed by atoms with Crippen LogP contribution in [0.3, 0.4) is 0 Å². The Morgan fingerprint density at radius 1 is 1.50 bits per heavy atom. The van der Waals surface area contributed by atoms with Crippen LogP contribution in [0, 0.1) is 5.92 Å². The number of hydrogen-bond donors (Lipinski definition) is 5. The molecular formula is C12H21N7O3. The van der Waals surface area contributed by atoms with Gasteiger partial charge in [0.2, 0.25) is 0 Å². The van der Waals surface area contributed by atoms with Gasteiger partial charge in [-0.3, -0.25) is 15.8 Å². The number of nitrogens with zero attached hydrogens (tertiary/aromatic N) is 4. The predicted octanol–water partition coefficient (Wildman–Crippen LogP) is -2.20. The van der Waals surface area contributed by atoms with Crippen molar-refractivity contribution in [2.24, 2.45) is 16.6 Å². The Bertz CT molecular complexity index is 567. The first kappa shape index (κ1) is 16.2. The molecule has 1 aromatic heterocycles. The molecule has 1 unspecified atom stereocenters. The third-order valence-corrected chi connectivity index (χ3v) is 3.13. The quantitative estimate of drug-likeness (QED) is 0.296. The Labute approximate surface area is 127 Å². The maximum absolute atomic E-state index is 12.1. The molecule has 0 saturated carbocycles. The summed E-state index contributed by atoms with van der Waals surface area (Å²) in [5.74, 6) is -1.90. The third-order valence-electron chi connectivity index (χ3n) is 3.13. The van der Waals surface area contributed by atoms with Crippen LogP contribution in [0.5, 0.6) is 0 Å². The number of aromatic nitrogens is 2. The number of fused-ring (bicyclic) bond motifs is 1. The summed E-state index contributed by atoms with van der Waals surface area (Å²) < 4.78 is 1.62. The van der Waals surface area contributed by atoms with E-state index < -0.39 is 11.8 Å². The van der Waals surface area contributed by atoms with Crippen molar-refractivity contribution in [3.8, 4) is 0 Å². The molecule has 10 heteroatoms. The lowest BCUT2D eigenvalue weighted by Crippen LogP contribution is -2.63. The molecule has 0 radical (unpaired) electrons. The van der Waals surface area contributed by atoms with Gasteiger partial charge in [0.1, 0.15) is 5.82 Å². The van der Waals surface area contributed by atoms with Gasteiger partial charge < -0.3 is 25.0 Å². The van der Waals surface area contributed by atoms with Crippen molar-refractivity contribution in [3.63, 3.8) is 0 Å². The fraction of sp³-hybridized carbons (Fsp3) is 0.583. The fourth-order valence-electron chi connectivity index (χ4n) is 1.98. The van der Waals surface area contributed by atoms with Crippen LogP contribution in [0.2, 0.25) is 0 Å². The normalized spacial score (nSPS) is 20.9. The Hall–Kier alpha value is -2.17. The van der Waals surface area contributed by atoms with E-state index in [1.54, 1.807) is 23.6 Å². The van der Waals surface area contributed by atoms with Crippen LogP contribution in [0.25, 0.3) is 0 Å². The summed E-state index contributed by atoms with van der Waals surface area (Å²) in [5.41, 5.74) is 6.22. The maximum Gasteiger partial charge on any atom is 0.278 e. The minimum Gasteiger partial charge on any atom is -0.396 e. The van der Waals surface area contributed by atoms with Crippen molar-refractivity contribution >= 4 is 18.1 Å². The van der Waals surface area contributed by atoms with E-state index >= 15 is 0 Å². The molecule has 1 aromatic rings. The molecule has 0 saturated heterocycles. The molecule has 1 amide bonds. The van der Waals surface area contributed by atoms with E-state index in [9.17, 15) is 15.0 Å². The fourth-order valence-corrected chi connectivity index (χ4v) is 1.98. The molecule has 0 spiro atoms. The number of aliphatic hydroxyl groups is 2. The molecule has 0 fully saturated rings. The van der Waals surface area contributed by atoms with Gasteiger partial charge in [0, 0.05) is 39.8 Å². The molecule has 122 valence electrons. The number of carbonyl (C=O) groups is 1. The zero-order chi connectivity index (χ0) is 16.3. The number of nitrogens with two attached hydrogens (primary N) is 1. The standard InChI is InChI=1S/C12H21N7O3/c1-18(2)7-15-12(13)16-10-9(11(22)17-12)14-6-19(10)3-8(4-20)5-21/h6-8,16,20-21H,3-5,13H2,1-2H3,(H,17,22). The summed E-state index contributed by atoms with van der Waals surface area (Å²) in [6.45, 7) is -0.0620. The van der Waals surface area contributed by atoms with Gasteiger partial charge in [-0.15, -0.1) is 0 Å². The van der Waals surface area contributed by atoms with Gasteiger partial charge in [0.25, 0.3) is 11.8 Å². The predicted molar refractivity (Wildman–Crippen MR) is 80.1 cm³/mol. The highest BCUT2D eigenvalue weighted by atomic mass is 16.3. The lowest BCUT2D eigenvalue weighted by molar-refractivity contribution is 0.0900. The highest BCUT2D eigenvalue weighted by Crippen LogP contribution is 2.23. The summed E-state index contributed by atoms with van der Waals surface area (Å²) in [4.78, 5) is 21.9. The topological polar surface area (TPSA) is 141 Å². The molecule has 1 aliphatic heterocycles. The van der Waals surface area contributed by atoms with Crippen LogP contribution < -0.4 is 16.4 Å². The summed E-state index contributed by atoms with van der Waals surface area (Å²) in [6, 6.07) is 0. The van der Waals surface area contributed by atoms with Gasteiger partial charge >= 0.3 is 0 Å². The van der Waals surface area contributed by atoms with Crippen LogP contribution in [-0.2, 0) is 6.54 Å². The van der Waals surface area contributed by atoms with Crippen molar-refractivity contribution < 1.29 is 15.0 Å². The van der Waals surface area contributed by atoms with Crippen molar-refractivity contribution in [3.05, 3.63) is 12.0 Å². The van der Waals surface area contributed by atoms with E-state index in [4.69, 9.17) is 5.73 Å². The largest absolute Gasteiger partial charge is 0.396 e. The molecule has 10 nitrogen and oxygen atoms in total. The number of rotatable bonds is 6. The van der Waals surface area contributed by atoms with Gasteiger partial charge in [-0.25, -0.2) is 9.98 Å². The van der Waals surface area contributed by atoms with Crippen molar-refractivity contribution in [2.75, 3.05) is 32.6 Å². The Morgan fingerprint density at radius 2 is 2.18 bits per heavy atom. The van der Waals surface area contributed by atoms with E-state index in [1.165, 1.54) is 12.7 Å². The first-order valence-corrected chi connectivity index (χ1v) is 6.76. The second-order valence-corrected chi connectivity index (χ2v) is 5.38. The van der Waals surface area contributed by atoms with Gasteiger partial charge in [0.05, 0.1) is 12.7 Å². The molecule has 2 rings (SSSR count). The number of aliphatic imine (C=N–C) groups is 1. The van der Waals surface area contributed by atoms with E-state index in [0.717, 1.165) is 0 Å². The van der Waals surface area contributed by atoms with E-state index in [1.807, 2.05) is 0 Å². The molecule has 22 heavy (non-hydrogen) atoms. The molecule has 6 N–H and O–H groups in total. The van der Waals surface area contributed by atoms with Gasteiger partial charge in [-0.1, -0.05) is 0 Å². The van der Waals surface area contributed by atoms with Crippen LogP contribution in [-0.4, -0.2) is 70.1 Å². The summed E-state index contributed by atoms with van der Waals surface area (Å²) in [6.07, 6.45) is 2.93. The van der Waals surface area contributed by atoms with Crippen LogP contribution in [0.4, 0.5) is 5.82 Å². The lowest BCUT2D eigenvalue weighted by atomic mass is 10.2. The zero-order valence-corrected chi connectivity index (χ0v) is 12.5. The van der Waals surface area contributed by atoms with E-state index in [2.05, 4.69) is 20.6 Å². The molecule has 2 heterocycles. The first-order valence-electron chi connectivity index (χ1n) is 6.76. The highest BCUT2D eigenvalue weighted by Gasteiger charge is 2.36. The molecular weight excluding hydrogens is 290 g/mol. The summed E-state index contributed by atoms with van der Waals surface area (Å²) >= 11 is 0. The highest BCUT2D eigenvalue weighted by molar-refractivity contribution is 5.99. The lowest BCUT2D eigenvalue weighted by Gasteiger charge is -2.32. The monoisotopic (exact) mass is 311 g/mol. The Balaban J connectivity index is 2.27. The molecule has 1 aliphatic rings. The second-order valence-electron chi connectivity index (χ2n) is 5.38. The minimum absolute atomic E-state index is 0.178. The van der Waals surface area contributed by atoms with Crippen LogP contribution in [0.1, 0.15) is 10.5 Å². The van der Waals surface area contributed by atoms with Crippen molar-refractivity contribution in [1.29, 1.82) is 0 Å². The number of imidazole rings is 1. The molecule has 0 bridgehead atoms. The number of anilines is 1. The Morgan fingerprint density at radius 3 is 2.77 bits per heavy atom. The molecule has 0 aromatic carbocycles. The third kappa shape index (κ3) is 3.35. The molecule has 0 aliphatic carbocycles. The van der Waals surface area contributed by atoms with Crippen molar-refractivity contribution in [2.45, 2.75) is 12.5 Å². The van der Waals surface area contributed by atoms with Gasteiger partial charge in [0.15, 0.2) is 5.69 Å². The summed E-state index contributed by atoms with van der Waals surface area (Å²) in [7, 11) is 3.56. The first-order chi connectivity index (χ1) is 10.4. The van der Waals surface area contributed by atoms with E-state index in [-0.39, 0.29) is 24.8 Å². The minimum atomic E-state index is -1.49. The zero-order valence-electron chi connectivity index (χ0n) is 12.5. The maximum atomic E-state index is 12.1. The number of carbonyl (C=O) groups excluding carboxylic acids is 1. The Kier molecular flexibility index (Phi) is 4.64. The summed E-state index contributed by atoms with van der Waals surface area (Å²) in [5, 5.41) is 23.8. The van der Waals surface area contributed by atoms with Crippen LogP contribution >= 0.6 is 0 Å². The number of amides is 1. The van der Waals surface area contributed by atoms with Crippen molar-refractivity contribution in [1.82, 2.24) is 19.8 Å². The van der Waals surface area contributed by atoms with E-state index in [0.29, 0.717) is 12.4 Å².